The van der Waals surface area contributed by atoms with Gasteiger partial charge in [-0.25, -0.2) is 4.68 Å². The molecule has 2 aromatic rings. The fourth-order valence-corrected chi connectivity index (χ4v) is 3.31. The van der Waals surface area contributed by atoms with Gasteiger partial charge in [-0.05, 0) is 25.5 Å². The highest BCUT2D eigenvalue weighted by Gasteiger charge is 2.46. The van der Waals surface area contributed by atoms with Crippen molar-refractivity contribution in [1.29, 1.82) is 0 Å². The summed E-state index contributed by atoms with van der Waals surface area (Å²) in [5.41, 5.74) is 1.24. The van der Waals surface area contributed by atoms with Gasteiger partial charge in [-0.2, -0.15) is 0 Å². The fourth-order valence-electron chi connectivity index (χ4n) is 3.31. The van der Waals surface area contributed by atoms with Crippen LogP contribution in [0.3, 0.4) is 0 Å². The minimum absolute atomic E-state index is 0.0926. The van der Waals surface area contributed by atoms with E-state index in [1.807, 2.05) is 37.3 Å². The summed E-state index contributed by atoms with van der Waals surface area (Å²) in [6.07, 6.45) is 0.485. The largest absolute Gasteiger partial charge is 0.481 e. The van der Waals surface area contributed by atoms with E-state index >= 15 is 0 Å². The Morgan fingerprint density at radius 3 is 2.69 bits per heavy atom. The van der Waals surface area contributed by atoms with Gasteiger partial charge in [0.1, 0.15) is 5.41 Å². The number of hydrogen-bond acceptors (Lipinski definition) is 5. The normalized spacial score (nSPS) is 19.7. The van der Waals surface area contributed by atoms with Crippen LogP contribution in [-0.4, -0.2) is 63.7 Å². The molecule has 0 bridgehead atoms. The van der Waals surface area contributed by atoms with Crippen LogP contribution in [0, 0.1) is 12.3 Å². The Kier molecular flexibility index (Phi) is 5.03. The smallest absolute Gasteiger partial charge is 0.313 e. The maximum atomic E-state index is 12.6. The molecule has 8 heteroatoms. The van der Waals surface area contributed by atoms with Gasteiger partial charge in [-0.3, -0.25) is 9.59 Å². The lowest BCUT2D eigenvalue weighted by molar-refractivity contribution is -0.151. The summed E-state index contributed by atoms with van der Waals surface area (Å²) < 4.78 is 6.76. The molecule has 8 nitrogen and oxygen atoms in total. The zero-order chi connectivity index (χ0) is 18.7. The van der Waals surface area contributed by atoms with Gasteiger partial charge < -0.3 is 14.7 Å². The first-order valence-electron chi connectivity index (χ1n) is 8.43. The molecule has 1 atom stereocenters. The maximum Gasteiger partial charge on any atom is 0.313 e. The number of likely N-dealkylation sites (tertiary alicyclic amines) is 1. The highest BCUT2D eigenvalue weighted by Crippen LogP contribution is 2.31. The van der Waals surface area contributed by atoms with Crippen LogP contribution >= 0.6 is 0 Å². The van der Waals surface area contributed by atoms with Crippen LogP contribution in [-0.2, 0) is 20.7 Å². The van der Waals surface area contributed by atoms with E-state index in [1.54, 1.807) is 9.58 Å². The van der Waals surface area contributed by atoms with Crippen molar-refractivity contribution in [3.63, 3.8) is 0 Å². The number of nitrogens with zero attached hydrogens (tertiary/aromatic N) is 4. The Morgan fingerprint density at radius 1 is 1.31 bits per heavy atom. The third-order valence-corrected chi connectivity index (χ3v) is 4.89. The number of carboxylic acids is 1. The number of ether oxygens (including phenoxy) is 1. The lowest BCUT2D eigenvalue weighted by Gasteiger charge is -2.23. The van der Waals surface area contributed by atoms with Crippen LogP contribution in [0.25, 0.3) is 5.69 Å². The molecule has 1 N–H and O–H groups in total. The summed E-state index contributed by atoms with van der Waals surface area (Å²) in [6, 6.07) is 9.57. The van der Waals surface area contributed by atoms with E-state index in [9.17, 15) is 14.7 Å². The second-order valence-corrected chi connectivity index (χ2v) is 6.63. The first-order valence-corrected chi connectivity index (χ1v) is 8.43. The van der Waals surface area contributed by atoms with Gasteiger partial charge in [-0.15, -0.1) is 5.10 Å². The number of carbonyl (C=O) groups is 2. The van der Waals surface area contributed by atoms with Gasteiger partial charge >= 0.3 is 5.97 Å². The maximum absolute atomic E-state index is 12.6. The van der Waals surface area contributed by atoms with E-state index < -0.39 is 11.4 Å². The summed E-state index contributed by atoms with van der Waals surface area (Å²) in [7, 11) is 1.47. The summed E-state index contributed by atoms with van der Waals surface area (Å²) in [6.45, 7) is 2.52. The molecule has 1 saturated heterocycles. The zero-order valence-electron chi connectivity index (χ0n) is 14.9. The van der Waals surface area contributed by atoms with Crippen molar-refractivity contribution in [3.05, 3.63) is 41.7 Å². The molecule has 1 unspecified atom stereocenters. The van der Waals surface area contributed by atoms with Crippen LogP contribution in [0.1, 0.15) is 17.8 Å². The summed E-state index contributed by atoms with van der Waals surface area (Å²) in [4.78, 5) is 25.8. The lowest BCUT2D eigenvalue weighted by atomic mass is 9.88. The van der Waals surface area contributed by atoms with Crippen molar-refractivity contribution in [3.8, 4) is 5.69 Å². The number of aliphatic carboxylic acids is 1. The molecule has 1 aromatic heterocycles. The van der Waals surface area contributed by atoms with Crippen molar-refractivity contribution in [1.82, 2.24) is 19.9 Å². The Balaban J connectivity index is 1.72. The predicted molar refractivity (Wildman–Crippen MR) is 92.9 cm³/mol. The third-order valence-electron chi connectivity index (χ3n) is 4.89. The number of hydrogen-bond donors (Lipinski definition) is 1. The summed E-state index contributed by atoms with van der Waals surface area (Å²) >= 11 is 0. The minimum atomic E-state index is -1.03. The van der Waals surface area contributed by atoms with Crippen LogP contribution in [0.4, 0.5) is 0 Å². The Labute approximate surface area is 151 Å². The van der Waals surface area contributed by atoms with E-state index in [4.69, 9.17) is 4.74 Å². The highest BCUT2D eigenvalue weighted by atomic mass is 16.5. The molecule has 1 amide bonds. The fraction of sp³-hybridized carbons (Fsp3) is 0.444. The van der Waals surface area contributed by atoms with Crippen molar-refractivity contribution >= 4 is 11.9 Å². The molecule has 0 saturated carbocycles. The molecule has 3 rings (SSSR count). The van der Waals surface area contributed by atoms with Crippen molar-refractivity contribution in [2.45, 2.75) is 19.8 Å². The molecule has 1 aliphatic rings. The number of rotatable bonds is 6. The number of methoxy groups -OCH3 is 1. The second kappa shape index (κ2) is 7.25. The van der Waals surface area contributed by atoms with Gasteiger partial charge in [0.2, 0.25) is 5.91 Å². The van der Waals surface area contributed by atoms with Crippen LogP contribution in [0.5, 0.6) is 0 Å². The molecular weight excluding hydrogens is 336 g/mol. The van der Waals surface area contributed by atoms with Crippen LogP contribution in [0.15, 0.2) is 30.3 Å². The molecule has 2 heterocycles. The van der Waals surface area contributed by atoms with Gasteiger partial charge in [0.25, 0.3) is 0 Å². The van der Waals surface area contributed by atoms with Crippen LogP contribution in [0.2, 0.25) is 0 Å². The molecule has 0 spiro atoms. The zero-order valence-corrected chi connectivity index (χ0v) is 14.9. The molecule has 1 fully saturated rings. The number of carbonyl (C=O) groups excluding carboxylic acids is 1. The third kappa shape index (κ3) is 3.32. The molecule has 0 aliphatic carbocycles. The van der Waals surface area contributed by atoms with Crippen LogP contribution < -0.4 is 0 Å². The second-order valence-electron chi connectivity index (χ2n) is 6.63. The van der Waals surface area contributed by atoms with Gasteiger partial charge in [0.15, 0.2) is 0 Å². The van der Waals surface area contributed by atoms with Crippen molar-refractivity contribution in [2.75, 3.05) is 26.8 Å². The Morgan fingerprint density at radius 2 is 2.04 bits per heavy atom. The topological polar surface area (TPSA) is 97.6 Å². The summed E-state index contributed by atoms with van der Waals surface area (Å²) in [5, 5.41) is 17.8. The number of amides is 1. The van der Waals surface area contributed by atoms with E-state index in [0.717, 1.165) is 11.4 Å². The van der Waals surface area contributed by atoms with E-state index in [2.05, 4.69) is 10.3 Å². The minimum Gasteiger partial charge on any atom is -0.481 e. The molecule has 0 radical (unpaired) electrons. The van der Waals surface area contributed by atoms with Gasteiger partial charge in [0, 0.05) is 20.2 Å². The Bertz CT molecular complexity index is 805. The standard InChI is InChI=1S/C18H22N4O4/c1-13-15(19-20-22(13)14-6-4-3-5-7-14)10-16(23)21-9-8-18(11-21,12-26-2)17(24)25/h3-7H,8-12H2,1-2H3,(H,24,25). The number of benzene rings is 1. The molecule has 1 aromatic carbocycles. The van der Waals surface area contributed by atoms with Gasteiger partial charge in [-0.1, -0.05) is 23.4 Å². The molecule has 138 valence electrons. The average molecular weight is 358 g/mol. The Hall–Kier alpha value is -2.74. The first kappa shape index (κ1) is 18.1. The summed E-state index contributed by atoms with van der Waals surface area (Å²) in [5.74, 6) is -1.08. The number of aromatic nitrogens is 3. The average Bonchev–Trinajstić information content (AvgIpc) is 3.22. The quantitative estimate of drug-likeness (QED) is 0.829. The van der Waals surface area contributed by atoms with E-state index in [1.165, 1.54) is 7.11 Å². The number of carboxylic acid groups (broad SMARTS) is 1. The lowest BCUT2D eigenvalue weighted by Crippen LogP contribution is -2.40. The molecule has 26 heavy (non-hydrogen) atoms. The van der Waals surface area contributed by atoms with Crippen molar-refractivity contribution in [2.24, 2.45) is 5.41 Å². The van der Waals surface area contributed by atoms with E-state index in [-0.39, 0.29) is 25.5 Å². The van der Waals surface area contributed by atoms with E-state index in [0.29, 0.717) is 18.7 Å². The van der Waals surface area contributed by atoms with Crippen molar-refractivity contribution < 1.29 is 19.4 Å². The molecule has 1 aliphatic heterocycles. The molecular formula is C18H22N4O4. The SMILES string of the molecule is COCC1(C(=O)O)CCN(C(=O)Cc2nnn(-c3ccccc3)c2C)C1. The highest BCUT2D eigenvalue weighted by molar-refractivity contribution is 5.82. The monoisotopic (exact) mass is 358 g/mol. The number of para-hydroxylation sites is 1. The predicted octanol–water partition coefficient (Wildman–Crippen LogP) is 1.07. The van der Waals surface area contributed by atoms with Gasteiger partial charge in [0.05, 0.1) is 30.1 Å². The first-order chi connectivity index (χ1) is 12.5.